The molecule has 2 atom stereocenters. The van der Waals surface area contributed by atoms with Gasteiger partial charge in [0.25, 0.3) is 11.8 Å². The Hall–Kier alpha value is -3.42. The third-order valence-electron chi connectivity index (χ3n) is 6.32. The van der Waals surface area contributed by atoms with Crippen molar-refractivity contribution in [3.8, 4) is 5.75 Å². The maximum absolute atomic E-state index is 14.1. The normalized spacial score (nSPS) is 15.8. The molecule has 0 spiro atoms. The number of piperidine rings is 1. The summed E-state index contributed by atoms with van der Waals surface area (Å²) < 4.78 is 19.2. The Balaban J connectivity index is 1.71. The Morgan fingerprint density at radius 1 is 1.06 bits per heavy atom. The van der Waals surface area contributed by atoms with Gasteiger partial charge < -0.3 is 20.3 Å². The van der Waals surface area contributed by atoms with E-state index in [9.17, 15) is 18.8 Å². The molecule has 0 aromatic heterocycles. The number of nitrogens with zero attached hydrogens (tertiary/aromatic N) is 1. The lowest BCUT2D eigenvalue weighted by molar-refractivity contribution is -0.125. The van der Waals surface area contributed by atoms with Crippen LogP contribution in [0.5, 0.6) is 5.75 Å². The number of nitrogens with one attached hydrogen (secondary N) is 2. The van der Waals surface area contributed by atoms with E-state index in [1.54, 1.807) is 48.4 Å². The molecule has 182 valence electrons. The molecule has 1 fully saturated rings. The molecular weight excluding hydrogens is 437 g/mol. The molecule has 0 bridgehead atoms. The summed E-state index contributed by atoms with van der Waals surface area (Å²) in [7, 11) is 1.55. The number of methoxy groups -OCH3 is 1. The summed E-state index contributed by atoms with van der Waals surface area (Å²) in [4.78, 5) is 40.4. The number of carbonyl (C=O) groups excluding carboxylic acids is 3. The lowest BCUT2D eigenvalue weighted by atomic mass is 9.88. The SMILES string of the molecule is CC[C@@H](C)NC(=O)[C@H](NC(=O)c1ccc(OC)cc1)C1CCN(C(=O)c2ccccc2F)CC1. The van der Waals surface area contributed by atoms with Crippen LogP contribution in [0.3, 0.4) is 0 Å². The highest BCUT2D eigenvalue weighted by molar-refractivity contribution is 5.98. The van der Waals surface area contributed by atoms with Crippen LogP contribution in [0.4, 0.5) is 4.39 Å². The van der Waals surface area contributed by atoms with Crippen molar-refractivity contribution in [1.82, 2.24) is 15.5 Å². The number of amides is 3. The van der Waals surface area contributed by atoms with Crippen LogP contribution in [0.1, 0.15) is 53.8 Å². The molecule has 2 N–H and O–H groups in total. The van der Waals surface area contributed by atoms with Gasteiger partial charge in [-0.1, -0.05) is 19.1 Å². The molecule has 2 aromatic rings. The Morgan fingerprint density at radius 2 is 1.71 bits per heavy atom. The number of hydrogen-bond acceptors (Lipinski definition) is 4. The van der Waals surface area contributed by atoms with Gasteiger partial charge in [0.1, 0.15) is 17.6 Å². The number of halogens is 1. The van der Waals surface area contributed by atoms with Gasteiger partial charge in [-0.2, -0.15) is 0 Å². The largest absolute Gasteiger partial charge is 0.497 e. The molecule has 0 unspecified atom stereocenters. The van der Waals surface area contributed by atoms with E-state index >= 15 is 0 Å². The highest BCUT2D eigenvalue weighted by atomic mass is 19.1. The Labute approximate surface area is 199 Å². The van der Waals surface area contributed by atoms with Gasteiger partial charge in [0.2, 0.25) is 5.91 Å². The average molecular weight is 470 g/mol. The monoisotopic (exact) mass is 469 g/mol. The molecule has 7 nitrogen and oxygen atoms in total. The van der Waals surface area contributed by atoms with Crippen molar-refractivity contribution in [3.05, 3.63) is 65.5 Å². The molecule has 34 heavy (non-hydrogen) atoms. The lowest BCUT2D eigenvalue weighted by Gasteiger charge is -2.36. The molecular formula is C26H32FN3O4. The summed E-state index contributed by atoms with van der Waals surface area (Å²) in [6.45, 7) is 4.64. The van der Waals surface area contributed by atoms with Crippen LogP contribution in [0, 0.1) is 11.7 Å². The van der Waals surface area contributed by atoms with Crippen LogP contribution in [-0.2, 0) is 4.79 Å². The average Bonchev–Trinajstić information content (AvgIpc) is 2.87. The van der Waals surface area contributed by atoms with E-state index in [2.05, 4.69) is 10.6 Å². The molecule has 0 radical (unpaired) electrons. The van der Waals surface area contributed by atoms with E-state index in [1.165, 1.54) is 12.1 Å². The zero-order chi connectivity index (χ0) is 24.7. The Kier molecular flexibility index (Phi) is 8.62. The smallest absolute Gasteiger partial charge is 0.256 e. The lowest BCUT2D eigenvalue weighted by Crippen LogP contribution is -2.55. The Morgan fingerprint density at radius 3 is 2.29 bits per heavy atom. The van der Waals surface area contributed by atoms with Crippen LogP contribution >= 0.6 is 0 Å². The predicted molar refractivity (Wildman–Crippen MR) is 127 cm³/mol. The van der Waals surface area contributed by atoms with Crippen molar-refractivity contribution < 1.29 is 23.5 Å². The first-order valence-corrected chi connectivity index (χ1v) is 11.6. The van der Waals surface area contributed by atoms with Gasteiger partial charge in [-0.15, -0.1) is 0 Å². The van der Waals surface area contributed by atoms with Crippen molar-refractivity contribution in [2.75, 3.05) is 20.2 Å². The highest BCUT2D eigenvalue weighted by Crippen LogP contribution is 2.24. The minimum Gasteiger partial charge on any atom is -0.497 e. The number of rotatable bonds is 8. The minimum atomic E-state index is -0.741. The number of benzene rings is 2. The van der Waals surface area contributed by atoms with Crippen LogP contribution in [0.25, 0.3) is 0 Å². The number of carbonyl (C=O) groups is 3. The maximum atomic E-state index is 14.1. The molecule has 0 aliphatic carbocycles. The van der Waals surface area contributed by atoms with E-state index in [-0.39, 0.29) is 35.2 Å². The van der Waals surface area contributed by atoms with Crippen molar-refractivity contribution in [2.45, 2.75) is 45.2 Å². The predicted octanol–water partition coefficient (Wildman–Crippen LogP) is 3.40. The van der Waals surface area contributed by atoms with Crippen LogP contribution < -0.4 is 15.4 Å². The molecule has 1 aliphatic rings. The second kappa shape index (κ2) is 11.6. The minimum absolute atomic E-state index is 0.0318. The third kappa shape index (κ3) is 6.12. The van der Waals surface area contributed by atoms with Crippen molar-refractivity contribution >= 4 is 17.7 Å². The second-order valence-corrected chi connectivity index (χ2v) is 8.61. The number of hydrogen-bond donors (Lipinski definition) is 2. The first-order valence-electron chi connectivity index (χ1n) is 11.6. The van der Waals surface area contributed by atoms with E-state index in [1.807, 2.05) is 13.8 Å². The number of ether oxygens (including phenoxy) is 1. The molecule has 8 heteroatoms. The maximum Gasteiger partial charge on any atom is 0.256 e. The van der Waals surface area contributed by atoms with Gasteiger partial charge in [-0.3, -0.25) is 14.4 Å². The van der Waals surface area contributed by atoms with Crippen molar-refractivity contribution in [1.29, 1.82) is 0 Å². The van der Waals surface area contributed by atoms with Crippen LogP contribution in [0.15, 0.2) is 48.5 Å². The van der Waals surface area contributed by atoms with E-state index in [0.717, 1.165) is 6.42 Å². The fourth-order valence-corrected chi connectivity index (χ4v) is 4.04. The van der Waals surface area contributed by atoms with Crippen molar-refractivity contribution in [2.24, 2.45) is 5.92 Å². The number of likely N-dealkylation sites (tertiary alicyclic amines) is 1. The summed E-state index contributed by atoms with van der Waals surface area (Å²) in [6.07, 6.45) is 1.80. The van der Waals surface area contributed by atoms with Gasteiger partial charge in [0.05, 0.1) is 12.7 Å². The van der Waals surface area contributed by atoms with Gasteiger partial charge in [0, 0.05) is 24.7 Å². The first-order chi connectivity index (χ1) is 16.3. The summed E-state index contributed by atoms with van der Waals surface area (Å²) in [5.74, 6) is -1.02. The summed E-state index contributed by atoms with van der Waals surface area (Å²) >= 11 is 0. The molecule has 2 aromatic carbocycles. The molecule has 0 saturated carbocycles. The zero-order valence-electron chi connectivity index (χ0n) is 19.8. The second-order valence-electron chi connectivity index (χ2n) is 8.61. The highest BCUT2D eigenvalue weighted by Gasteiger charge is 2.35. The van der Waals surface area contributed by atoms with Gasteiger partial charge >= 0.3 is 0 Å². The summed E-state index contributed by atoms with van der Waals surface area (Å²) in [5, 5.41) is 5.86. The van der Waals surface area contributed by atoms with Gasteiger partial charge in [-0.25, -0.2) is 4.39 Å². The quantitative estimate of drug-likeness (QED) is 0.620. The van der Waals surface area contributed by atoms with Gasteiger partial charge in [0.15, 0.2) is 0 Å². The molecule has 3 rings (SSSR count). The Bertz CT molecular complexity index is 1000. The molecule has 1 heterocycles. The summed E-state index contributed by atoms with van der Waals surface area (Å²) in [5.41, 5.74) is 0.467. The molecule has 3 amide bonds. The van der Waals surface area contributed by atoms with Crippen molar-refractivity contribution in [3.63, 3.8) is 0 Å². The van der Waals surface area contributed by atoms with Crippen LogP contribution in [0.2, 0.25) is 0 Å². The van der Waals surface area contributed by atoms with Gasteiger partial charge in [-0.05, 0) is 68.5 Å². The zero-order valence-corrected chi connectivity index (χ0v) is 19.8. The van der Waals surface area contributed by atoms with E-state index in [0.29, 0.717) is 37.2 Å². The van der Waals surface area contributed by atoms with Crippen LogP contribution in [-0.4, -0.2) is 54.9 Å². The standard InChI is InChI=1S/C26H32FN3O4/c1-4-17(2)28-25(32)23(29-24(31)19-9-11-20(34-3)12-10-19)18-13-15-30(16-14-18)26(33)21-7-5-6-8-22(21)27/h5-12,17-18,23H,4,13-16H2,1-3H3,(H,28,32)(H,29,31)/t17-,23-/m1/s1. The van der Waals surface area contributed by atoms with E-state index < -0.39 is 11.9 Å². The topological polar surface area (TPSA) is 87.7 Å². The summed E-state index contributed by atoms with van der Waals surface area (Å²) in [6, 6.07) is 11.8. The third-order valence-corrected chi connectivity index (χ3v) is 6.32. The fraction of sp³-hybridized carbons (Fsp3) is 0.423. The molecule has 1 aliphatic heterocycles. The first kappa shape index (κ1) is 25.2. The molecule has 1 saturated heterocycles. The van der Waals surface area contributed by atoms with E-state index in [4.69, 9.17) is 4.74 Å². The fourth-order valence-electron chi connectivity index (χ4n) is 4.04.